The summed E-state index contributed by atoms with van der Waals surface area (Å²) in [5.74, 6) is 0.728. The summed E-state index contributed by atoms with van der Waals surface area (Å²) in [6.07, 6.45) is 0. The van der Waals surface area contributed by atoms with E-state index >= 15 is 0 Å². The van der Waals surface area contributed by atoms with Crippen LogP contribution in [-0.4, -0.2) is 32.1 Å². The Labute approximate surface area is 116 Å². The van der Waals surface area contributed by atoms with Crippen LogP contribution in [0.5, 0.6) is 5.75 Å². The molecule has 0 bridgehead atoms. The van der Waals surface area contributed by atoms with Gasteiger partial charge in [0.05, 0.1) is 11.4 Å². The smallest absolute Gasteiger partial charge is 0.263 e. The monoisotopic (exact) mass is 284 g/mol. The van der Waals surface area contributed by atoms with Gasteiger partial charge in [0.15, 0.2) is 23.0 Å². The summed E-state index contributed by atoms with van der Waals surface area (Å²) in [4.78, 5) is 20.8. The standard InChI is InChI=1S/C12H6N5O2S/c18-10-5-19-9-4-3-6(13-11(9)15-10)7-1-2-8-12(14-7)20-17-16-8/h2-4H,5H2,(H,13,15,18). The Kier molecular flexibility index (Phi) is 2.36. The van der Waals surface area contributed by atoms with Crippen LogP contribution in [-0.2, 0) is 4.79 Å². The van der Waals surface area contributed by atoms with E-state index in [1.807, 2.05) is 0 Å². The van der Waals surface area contributed by atoms with Crippen LogP contribution in [0.3, 0.4) is 0 Å². The van der Waals surface area contributed by atoms with E-state index in [4.69, 9.17) is 4.74 Å². The molecule has 0 atom stereocenters. The third-order valence-corrected chi connectivity index (χ3v) is 3.41. The summed E-state index contributed by atoms with van der Waals surface area (Å²) in [6.45, 7) is 0.0108. The first-order valence-corrected chi connectivity index (χ1v) is 6.52. The van der Waals surface area contributed by atoms with Crippen molar-refractivity contribution in [3.63, 3.8) is 0 Å². The number of pyridine rings is 2. The summed E-state index contributed by atoms with van der Waals surface area (Å²) in [6, 6.07) is 8.25. The zero-order valence-corrected chi connectivity index (χ0v) is 10.8. The molecule has 97 valence electrons. The number of amides is 1. The van der Waals surface area contributed by atoms with E-state index in [1.54, 1.807) is 18.2 Å². The molecule has 3 aromatic rings. The molecule has 1 radical (unpaired) electrons. The van der Waals surface area contributed by atoms with Gasteiger partial charge in [-0.1, -0.05) is 4.49 Å². The van der Waals surface area contributed by atoms with Crippen molar-refractivity contribution in [3.05, 3.63) is 24.3 Å². The summed E-state index contributed by atoms with van der Waals surface area (Å²) in [5, 5.41) is 6.57. The van der Waals surface area contributed by atoms with E-state index < -0.39 is 0 Å². The fraction of sp³-hybridized carbons (Fsp3) is 0.0833. The number of carbonyl (C=O) groups is 1. The van der Waals surface area contributed by atoms with Gasteiger partial charge < -0.3 is 10.1 Å². The van der Waals surface area contributed by atoms with Crippen LogP contribution in [0.4, 0.5) is 5.82 Å². The molecule has 7 nitrogen and oxygen atoms in total. The molecule has 0 aromatic carbocycles. The second-order valence-electron chi connectivity index (χ2n) is 4.09. The van der Waals surface area contributed by atoms with E-state index in [1.165, 1.54) is 11.5 Å². The Hall–Kier alpha value is -2.61. The molecule has 4 rings (SSSR count). The average molecular weight is 284 g/mol. The molecule has 20 heavy (non-hydrogen) atoms. The summed E-state index contributed by atoms with van der Waals surface area (Å²) >= 11 is 1.21. The Morgan fingerprint density at radius 1 is 1.35 bits per heavy atom. The van der Waals surface area contributed by atoms with Gasteiger partial charge in [0.2, 0.25) is 0 Å². The third kappa shape index (κ3) is 1.77. The number of fused-ring (bicyclic) bond motifs is 2. The van der Waals surface area contributed by atoms with Crippen molar-refractivity contribution in [1.82, 2.24) is 19.6 Å². The van der Waals surface area contributed by atoms with E-state index in [2.05, 4.69) is 30.9 Å². The van der Waals surface area contributed by atoms with Crippen LogP contribution in [0.25, 0.3) is 21.7 Å². The number of nitrogens with one attached hydrogen (secondary N) is 1. The Morgan fingerprint density at radius 2 is 2.30 bits per heavy atom. The fourth-order valence-corrected chi connectivity index (χ4v) is 2.39. The lowest BCUT2D eigenvalue weighted by Gasteiger charge is -2.17. The maximum Gasteiger partial charge on any atom is 0.263 e. The number of anilines is 1. The molecule has 1 amide bonds. The fourth-order valence-electron chi connectivity index (χ4n) is 1.86. The van der Waals surface area contributed by atoms with Crippen molar-refractivity contribution in [2.24, 2.45) is 0 Å². The maximum atomic E-state index is 11.3. The van der Waals surface area contributed by atoms with Crippen LogP contribution in [0.1, 0.15) is 0 Å². The second-order valence-corrected chi connectivity index (χ2v) is 4.83. The highest BCUT2D eigenvalue weighted by Gasteiger charge is 2.18. The van der Waals surface area contributed by atoms with Crippen molar-refractivity contribution >= 4 is 33.6 Å². The first-order chi connectivity index (χ1) is 9.79. The molecular weight excluding hydrogens is 278 g/mol. The van der Waals surface area contributed by atoms with Crippen LogP contribution in [0, 0.1) is 6.07 Å². The summed E-state index contributed by atoms with van der Waals surface area (Å²) in [7, 11) is 0. The van der Waals surface area contributed by atoms with Crippen molar-refractivity contribution in [3.8, 4) is 17.1 Å². The molecule has 1 N–H and O–H groups in total. The number of hydrogen-bond donors (Lipinski definition) is 1. The van der Waals surface area contributed by atoms with Crippen molar-refractivity contribution in [2.45, 2.75) is 0 Å². The quantitative estimate of drug-likeness (QED) is 0.724. The van der Waals surface area contributed by atoms with E-state index in [0.717, 1.165) is 4.83 Å². The third-order valence-electron chi connectivity index (χ3n) is 2.77. The molecule has 0 saturated carbocycles. The molecule has 1 aliphatic rings. The van der Waals surface area contributed by atoms with Gasteiger partial charge in [-0.2, -0.15) is 0 Å². The predicted molar refractivity (Wildman–Crippen MR) is 71.4 cm³/mol. The van der Waals surface area contributed by atoms with E-state index in [-0.39, 0.29) is 12.5 Å². The van der Waals surface area contributed by atoms with Gasteiger partial charge in [0.25, 0.3) is 5.91 Å². The predicted octanol–water partition coefficient (Wildman–Crippen LogP) is 1.28. The average Bonchev–Trinajstić information content (AvgIpc) is 2.93. The Bertz CT molecular complexity index is 832. The van der Waals surface area contributed by atoms with Gasteiger partial charge in [-0.05, 0) is 18.2 Å². The highest BCUT2D eigenvalue weighted by Crippen LogP contribution is 2.29. The Morgan fingerprint density at radius 3 is 3.25 bits per heavy atom. The molecule has 0 saturated heterocycles. The van der Waals surface area contributed by atoms with E-state index in [9.17, 15) is 4.79 Å². The number of ether oxygens (including phenoxy) is 1. The molecular formula is C12H6N5O2S. The number of rotatable bonds is 1. The number of carbonyl (C=O) groups excluding carboxylic acids is 1. The minimum Gasteiger partial charge on any atom is -0.480 e. The maximum absolute atomic E-state index is 11.3. The van der Waals surface area contributed by atoms with Crippen LogP contribution < -0.4 is 10.1 Å². The van der Waals surface area contributed by atoms with E-state index in [0.29, 0.717) is 28.5 Å². The second kappa shape index (κ2) is 4.20. The van der Waals surface area contributed by atoms with Gasteiger partial charge in [-0.15, -0.1) is 5.10 Å². The first-order valence-electron chi connectivity index (χ1n) is 5.74. The molecule has 8 heteroatoms. The largest absolute Gasteiger partial charge is 0.480 e. The van der Waals surface area contributed by atoms with Crippen molar-refractivity contribution in [1.29, 1.82) is 0 Å². The summed E-state index contributed by atoms with van der Waals surface area (Å²) < 4.78 is 9.09. The number of aromatic nitrogens is 4. The van der Waals surface area contributed by atoms with Gasteiger partial charge in [-0.25, -0.2) is 9.97 Å². The van der Waals surface area contributed by atoms with Crippen LogP contribution >= 0.6 is 11.5 Å². The molecule has 3 aromatic heterocycles. The molecule has 0 fully saturated rings. The van der Waals surface area contributed by atoms with Gasteiger partial charge in [0.1, 0.15) is 5.52 Å². The Balaban J connectivity index is 1.81. The zero-order valence-electron chi connectivity index (χ0n) is 9.95. The lowest BCUT2D eigenvalue weighted by Crippen LogP contribution is -2.26. The minimum absolute atomic E-state index is 0.0108. The topological polar surface area (TPSA) is 89.9 Å². The van der Waals surface area contributed by atoms with Crippen LogP contribution in [0.2, 0.25) is 0 Å². The molecule has 0 unspecified atom stereocenters. The first kappa shape index (κ1) is 11.2. The van der Waals surface area contributed by atoms with Gasteiger partial charge in [0, 0.05) is 17.6 Å². The van der Waals surface area contributed by atoms with Crippen molar-refractivity contribution < 1.29 is 9.53 Å². The molecule has 0 aliphatic carbocycles. The number of hydrogen-bond acceptors (Lipinski definition) is 7. The molecule has 1 aliphatic heterocycles. The lowest BCUT2D eigenvalue weighted by atomic mass is 10.2. The number of nitrogens with zero attached hydrogens (tertiary/aromatic N) is 4. The highest BCUT2D eigenvalue weighted by molar-refractivity contribution is 7.12. The molecule has 0 spiro atoms. The lowest BCUT2D eigenvalue weighted by molar-refractivity contribution is -0.118. The normalized spacial score (nSPS) is 13.7. The van der Waals surface area contributed by atoms with Crippen LogP contribution in [0.15, 0.2) is 18.2 Å². The SMILES string of the molecule is O=C1COc2ccc(-c3[c]cc4nnsc4n3)nc2N1. The molecule has 4 heterocycles. The van der Waals surface area contributed by atoms with Gasteiger partial charge in [-0.3, -0.25) is 4.79 Å². The summed E-state index contributed by atoms with van der Waals surface area (Å²) in [5.41, 5.74) is 1.88. The minimum atomic E-state index is -0.221. The zero-order chi connectivity index (χ0) is 13.5. The van der Waals surface area contributed by atoms with Crippen molar-refractivity contribution in [2.75, 3.05) is 11.9 Å². The van der Waals surface area contributed by atoms with Gasteiger partial charge >= 0.3 is 0 Å². The highest BCUT2D eigenvalue weighted by atomic mass is 32.1.